The van der Waals surface area contributed by atoms with Crippen LogP contribution in [0.4, 0.5) is 5.69 Å². The second kappa shape index (κ2) is 6.05. The molecular weight excluding hydrogens is 226 g/mol. The standard InChI is InChI=1S/C11H15NO5/c1-16-10-6-8(4-3-5-13)9(12(14)15)7-11(10)17-2/h6-7,13H,3-5H2,1-2H3. The molecule has 0 unspecified atom stereocenters. The molecule has 0 saturated carbocycles. The molecular formula is C11H15NO5. The van der Waals surface area contributed by atoms with Crippen molar-refractivity contribution in [3.8, 4) is 11.5 Å². The van der Waals surface area contributed by atoms with Gasteiger partial charge < -0.3 is 14.6 Å². The minimum Gasteiger partial charge on any atom is -0.493 e. The van der Waals surface area contributed by atoms with Crippen LogP contribution in [-0.2, 0) is 6.42 Å². The van der Waals surface area contributed by atoms with Crippen LogP contribution in [0.2, 0.25) is 0 Å². The molecule has 0 fully saturated rings. The monoisotopic (exact) mass is 241 g/mol. The molecule has 0 heterocycles. The predicted molar refractivity (Wildman–Crippen MR) is 61.6 cm³/mol. The highest BCUT2D eigenvalue weighted by molar-refractivity contribution is 5.54. The van der Waals surface area contributed by atoms with Crippen LogP contribution in [-0.4, -0.2) is 30.9 Å². The second-order valence-corrected chi connectivity index (χ2v) is 3.42. The topological polar surface area (TPSA) is 81.8 Å². The number of nitro benzene ring substituents is 1. The van der Waals surface area contributed by atoms with Gasteiger partial charge in [0.15, 0.2) is 11.5 Å². The SMILES string of the molecule is COc1cc(CCCO)c([N+](=O)[O-])cc1OC. The van der Waals surface area contributed by atoms with Crippen LogP contribution in [0.1, 0.15) is 12.0 Å². The number of ether oxygens (including phenoxy) is 2. The van der Waals surface area contributed by atoms with E-state index in [2.05, 4.69) is 0 Å². The molecule has 1 N–H and O–H groups in total. The predicted octanol–water partition coefficient (Wildman–Crippen LogP) is 1.54. The fourth-order valence-electron chi connectivity index (χ4n) is 1.55. The maximum Gasteiger partial charge on any atom is 0.276 e. The van der Waals surface area contributed by atoms with Crippen molar-refractivity contribution in [2.45, 2.75) is 12.8 Å². The van der Waals surface area contributed by atoms with Crippen molar-refractivity contribution in [3.05, 3.63) is 27.8 Å². The van der Waals surface area contributed by atoms with Crippen LogP contribution in [0.5, 0.6) is 11.5 Å². The normalized spacial score (nSPS) is 10.1. The first kappa shape index (κ1) is 13.2. The molecule has 0 saturated heterocycles. The Labute approximate surface area is 98.9 Å². The molecule has 94 valence electrons. The number of nitro groups is 1. The maximum absolute atomic E-state index is 10.9. The van der Waals surface area contributed by atoms with Crippen LogP contribution in [0.3, 0.4) is 0 Å². The van der Waals surface area contributed by atoms with Gasteiger partial charge in [-0.25, -0.2) is 0 Å². The highest BCUT2D eigenvalue weighted by atomic mass is 16.6. The lowest BCUT2D eigenvalue weighted by Crippen LogP contribution is -2.00. The molecule has 0 atom stereocenters. The Balaban J connectivity index is 3.19. The van der Waals surface area contributed by atoms with E-state index in [1.165, 1.54) is 20.3 Å². The molecule has 0 aromatic heterocycles. The summed E-state index contributed by atoms with van der Waals surface area (Å²) >= 11 is 0. The van der Waals surface area contributed by atoms with Crippen molar-refractivity contribution in [2.75, 3.05) is 20.8 Å². The van der Waals surface area contributed by atoms with Crippen molar-refractivity contribution in [3.63, 3.8) is 0 Å². The molecule has 0 aliphatic rings. The number of hydrogen-bond donors (Lipinski definition) is 1. The zero-order chi connectivity index (χ0) is 12.8. The van der Waals surface area contributed by atoms with E-state index in [1.54, 1.807) is 6.07 Å². The summed E-state index contributed by atoms with van der Waals surface area (Å²) in [6.07, 6.45) is 0.892. The van der Waals surface area contributed by atoms with Crippen molar-refractivity contribution in [1.82, 2.24) is 0 Å². The van der Waals surface area contributed by atoms with Gasteiger partial charge in [0.05, 0.1) is 25.2 Å². The largest absolute Gasteiger partial charge is 0.493 e. The van der Waals surface area contributed by atoms with Crippen molar-refractivity contribution < 1.29 is 19.5 Å². The van der Waals surface area contributed by atoms with Crippen LogP contribution in [0.25, 0.3) is 0 Å². The zero-order valence-electron chi connectivity index (χ0n) is 9.80. The number of rotatable bonds is 6. The number of aliphatic hydroxyl groups excluding tert-OH is 1. The van der Waals surface area contributed by atoms with Gasteiger partial charge in [0, 0.05) is 12.2 Å². The van der Waals surface area contributed by atoms with Crippen LogP contribution < -0.4 is 9.47 Å². The molecule has 6 nitrogen and oxygen atoms in total. The van der Waals surface area contributed by atoms with E-state index in [4.69, 9.17) is 14.6 Å². The number of hydrogen-bond acceptors (Lipinski definition) is 5. The van der Waals surface area contributed by atoms with E-state index in [0.717, 1.165) is 0 Å². The Bertz CT molecular complexity index is 405. The van der Waals surface area contributed by atoms with Gasteiger partial charge in [0.1, 0.15) is 0 Å². The third-order valence-electron chi connectivity index (χ3n) is 2.39. The lowest BCUT2D eigenvalue weighted by atomic mass is 10.1. The first-order valence-corrected chi connectivity index (χ1v) is 5.14. The number of aryl methyl sites for hydroxylation is 1. The minimum absolute atomic E-state index is 0.00843. The van der Waals surface area contributed by atoms with E-state index in [9.17, 15) is 10.1 Å². The first-order chi connectivity index (χ1) is 8.13. The minimum atomic E-state index is -0.464. The summed E-state index contributed by atoms with van der Waals surface area (Å²) in [6.45, 7) is -0.00843. The van der Waals surface area contributed by atoms with Crippen molar-refractivity contribution >= 4 is 5.69 Å². The van der Waals surface area contributed by atoms with Gasteiger partial charge in [0.2, 0.25) is 0 Å². The number of aliphatic hydroxyl groups is 1. The lowest BCUT2D eigenvalue weighted by Gasteiger charge is -2.10. The smallest absolute Gasteiger partial charge is 0.276 e. The molecule has 6 heteroatoms. The Hall–Kier alpha value is -1.82. The number of benzene rings is 1. The van der Waals surface area contributed by atoms with E-state index >= 15 is 0 Å². The molecule has 1 aromatic rings. The molecule has 0 aliphatic heterocycles. The number of nitrogens with zero attached hydrogens (tertiary/aromatic N) is 1. The highest BCUT2D eigenvalue weighted by Crippen LogP contribution is 2.34. The Morgan fingerprint density at radius 2 is 1.88 bits per heavy atom. The molecule has 0 radical (unpaired) electrons. The van der Waals surface area contributed by atoms with Gasteiger partial charge in [-0.2, -0.15) is 0 Å². The molecule has 0 amide bonds. The van der Waals surface area contributed by atoms with Gasteiger partial charge in [0.25, 0.3) is 5.69 Å². The summed E-state index contributed by atoms with van der Waals surface area (Å²) in [7, 11) is 2.90. The fraction of sp³-hybridized carbons (Fsp3) is 0.455. The summed E-state index contributed by atoms with van der Waals surface area (Å²) < 4.78 is 10.1. The summed E-state index contributed by atoms with van der Waals surface area (Å²) in [4.78, 5) is 10.4. The summed E-state index contributed by atoms with van der Waals surface area (Å²) in [6, 6.07) is 2.91. The zero-order valence-corrected chi connectivity index (χ0v) is 9.80. The Morgan fingerprint density at radius 1 is 1.29 bits per heavy atom. The first-order valence-electron chi connectivity index (χ1n) is 5.14. The molecule has 1 rings (SSSR count). The van der Waals surface area contributed by atoms with E-state index in [1.807, 2.05) is 0 Å². The molecule has 0 aliphatic carbocycles. The average molecular weight is 241 g/mol. The van der Waals surface area contributed by atoms with Gasteiger partial charge in [-0.15, -0.1) is 0 Å². The Kier molecular flexibility index (Phi) is 4.71. The van der Waals surface area contributed by atoms with Gasteiger partial charge in [-0.05, 0) is 18.9 Å². The fourth-order valence-corrected chi connectivity index (χ4v) is 1.55. The van der Waals surface area contributed by atoms with E-state index < -0.39 is 4.92 Å². The summed E-state index contributed by atoms with van der Waals surface area (Å²) in [5.74, 6) is 0.776. The summed E-state index contributed by atoms with van der Waals surface area (Å²) in [5, 5.41) is 19.7. The molecule has 0 bridgehead atoms. The number of methoxy groups -OCH3 is 2. The van der Waals surface area contributed by atoms with Crippen molar-refractivity contribution in [2.24, 2.45) is 0 Å². The van der Waals surface area contributed by atoms with Gasteiger partial charge in [-0.3, -0.25) is 10.1 Å². The molecule has 0 spiro atoms. The van der Waals surface area contributed by atoms with Crippen LogP contribution >= 0.6 is 0 Å². The van der Waals surface area contributed by atoms with Crippen molar-refractivity contribution in [1.29, 1.82) is 0 Å². The second-order valence-electron chi connectivity index (χ2n) is 3.42. The molecule has 1 aromatic carbocycles. The Morgan fingerprint density at radius 3 is 2.35 bits per heavy atom. The maximum atomic E-state index is 10.9. The third-order valence-corrected chi connectivity index (χ3v) is 2.39. The average Bonchev–Trinajstić information content (AvgIpc) is 2.34. The molecule has 17 heavy (non-hydrogen) atoms. The third kappa shape index (κ3) is 3.07. The van der Waals surface area contributed by atoms with Gasteiger partial charge in [-0.1, -0.05) is 0 Å². The van der Waals surface area contributed by atoms with Crippen LogP contribution in [0.15, 0.2) is 12.1 Å². The van der Waals surface area contributed by atoms with E-state index in [-0.39, 0.29) is 12.3 Å². The quantitative estimate of drug-likeness (QED) is 0.603. The lowest BCUT2D eigenvalue weighted by molar-refractivity contribution is -0.385. The van der Waals surface area contributed by atoms with Gasteiger partial charge >= 0.3 is 0 Å². The van der Waals surface area contributed by atoms with Crippen LogP contribution in [0, 0.1) is 10.1 Å². The summed E-state index contributed by atoms with van der Waals surface area (Å²) in [5.41, 5.74) is 0.512. The highest BCUT2D eigenvalue weighted by Gasteiger charge is 2.18. The van der Waals surface area contributed by atoms with E-state index in [0.29, 0.717) is 29.9 Å².